The predicted octanol–water partition coefficient (Wildman–Crippen LogP) is 4.50. The van der Waals surface area contributed by atoms with Crippen LogP contribution in [0.1, 0.15) is 12.5 Å². The van der Waals surface area contributed by atoms with Gasteiger partial charge in [-0.25, -0.2) is 0 Å². The molecule has 5 nitrogen and oxygen atoms in total. The molecule has 0 spiro atoms. The van der Waals surface area contributed by atoms with Gasteiger partial charge in [0.1, 0.15) is 12.3 Å². The summed E-state index contributed by atoms with van der Waals surface area (Å²) in [6, 6.07) is 12.1. The lowest BCUT2D eigenvalue weighted by molar-refractivity contribution is -0.130. The molecular formula is C20H20Cl2N2O3. The van der Waals surface area contributed by atoms with Crippen molar-refractivity contribution in [2.75, 3.05) is 25.5 Å². The van der Waals surface area contributed by atoms with Crippen LogP contribution in [0.4, 0.5) is 5.69 Å². The number of benzene rings is 2. The third kappa shape index (κ3) is 6.31. The second kappa shape index (κ2) is 10.00. The SMILES string of the molecule is CCN(CC(=O)Nc1cccc(OC)c1)C(=O)/C=C/c1ccc(Cl)c(Cl)c1. The van der Waals surface area contributed by atoms with E-state index in [-0.39, 0.29) is 18.4 Å². The van der Waals surface area contributed by atoms with Crippen molar-refractivity contribution in [2.24, 2.45) is 0 Å². The Morgan fingerprint density at radius 2 is 1.93 bits per heavy atom. The van der Waals surface area contributed by atoms with Gasteiger partial charge in [0.15, 0.2) is 0 Å². The monoisotopic (exact) mass is 406 g/mol. The summed E-state index contributed by atoms with van der Waals surface area (Å²) in [4.78, 5) is 26.0. The van der Waals surface area contributed by atoms with Gasteiger partial charge in [-0.05, 0) is 42.8 Å². The van der Waals surface area contributed by atoms with Gasteiger partial charge in [0.05, 0.1) is 17.2 Å². The summed E-state index contributed by atoms with van der Waals surface area (Å²) in [7, 11) is 1.55. The zero-order valence-electron chi connectivity index (χ0n) is 15.0. The van der Waals surface area contributed by atoms with Crippen LogP contribution < -0.4 is 10.1 Å². The molecule has 0 unspecified atom stereocenters. The van der Waals surface area contributed by atoms with Crippen LogP contribution in [0, 0.1) is 0 Å². The minimum atomic E-state index is -0.290. The third-order valence-corrected chi connectivity index (χ3v) is 4.48. The maximum atomic E-state index is 12.4. The molecule has 2 aromatic rings. The Kier molecular flexibility index (Phi) is 7.70. The number of anilines is 1. The van der Waals surface area contributed by atoms with Gasteiger partial charge in [-0.2, -0.15) is 0 Å². The fourth-order valence-electron chi connectivity index (χ4n) is 2.31. The smallest absolute Gasteiger partial charge is 0.247 e. The number of hydrogen-bond donors (Lipinski definition) is 1. The maximum Gasteiger partial charge on any atom is 0.247 e. The van der Waals surface area contributed by atoms with E-state index in [0.29, 0.717) is 28.0 Å². The Hall–Kier alpha value is -2.50. The fourth-order valence-corrected chi connectivity index (χ4v) is 2.62. The van der Waals surface area contributed by atoms with Crippen molar-refractivity contribution in [1.29, 1.82) is 0 Å². The van der Waals surface area contributed by atoms with Crippen molar-refractivity contribution in [2.45, 2.75) is 6.92 Å². The molecule has 2 amide bonds. The highest BCUT2D eigenvalue weighted by atomic mass is 35.5. The van der Waals surface area contributed by atoms with Gasteiger partial charge in [0, 0.05) is 24.4 Å². The first-order valence-electron chi connectivity index (χ1n) is 8.29. The molecule has 1 N–H and O–H groups in total. The zero-order chi connectivity index (χ0) is 19.8. The Labute approximate surface area is 168 Å². The molecule has 0 aromatic heterocycles. The Morgan fingerprint density at radius 1 is 1.15 bits per heavy atom. The predicted molar refractivity (Wildman–Crippen MR) is 109 cm³/mol. The van der Waals surface area contributed by atoms with E-state index in [1.807, 2.05) is 6.92 Å². The summed E-state index contributed by atoms with van der Waals surface area (Å²) in [5.41, 5.74) is 1.35. The number of nitrogens with one attached hydrogen (secondary N) is 1. The van der Waals surface area contributed by atoms with E-state index < -0.39 is 0 Å². The molecule has 0 heterocycles. The van der Waals surface area contributed by atoms with E-state index in [9.17, 15) is 9.59 Å². The topological polar surface area (TPSA) is 58.6 Å². The van der Waals surface area contributed by atoms with Crippen molar-refractivity contribution >= 4 is 46.8 Å². The first-order valence-corrected chi connectivity index (χ1v) is 9.04. The van der Waals surface area contributed by atoms with Crippen LogP contribution >= 0.6 is 23.2 Å². The summed E-state index contributed by atoms with van der Waals surface area (Å²) in [6.45, 7) is 2.15. The number of methoxy groups -OCH3 is 1. The maximum absolute atomic E-state index is 12.4. The summed E-state index contributed by atoms with van der Waals surface area (Å²) in [5, 5.41) is 3.62. The molecule has 0 saturated heterocycles. The zero-order valence-corrected chi connectivity index (χ0v) is 16.6. The van der Waals surface area contributed by atoms with Crippen LogP contribution in [0.2, 0.25) is 10.0 Å². The molecule has 0 aliphatic rings. The normalized spacial score (nSPS) is 10.7. The van der Waals surface area contributed by atoms with Crippen LogP contribution in [0.15, 0.2) is 48.5 Å². The van der Waals surface area contributed by atoms with Gasteiger partial charge < -0.3 is 15.0 Å². The minimum Gasteiger partial charge on any atom is -0.497 e. The van der Waals surface area contributed by atoms with E-state index in [4.69, 9.17) is 27.9 Å². The van der Waals surface area contributed by atoms with Gasteiger partial charge in [-0.3, -0.25) is 9.59 Å². The van der Waals surface area contributed by atoms with E-state index in [0.717, 1.165) is 5.56 Å². The van der Waals surface area contributed by atoms with Gasteiger partial charge in [-0.15, -0.1) is 0 Å². The number of carbonyl (C=O) groups excluding carboxylic acids is 2. The van der Waals surface area contributed by atoms with E-state index >= 15 is 0 Å². The summed E-state index contributed by atoms with van der Waals surface area (Å²) < 4.78 is 5.12. The third-order valence-electron chi connectivity index (χ3n) is 3.74. The number of rotatable bonds is 7. The highest BCUT2D eigenvalue weighted by Crippen LogP contribution is 2.23. The van der Waals surface area contributed by atoms with Crippen LogP contribution in [0.5, 0.6) is 5.75 Å². The summed E-state index contributed by atoms with van der Waals surface area (Å²) >= 11 is 11.8. The highest BCUT2D eigenvalue weighted by molar-refractivity contribution is 6.42. The number of amides is 2. The van der Waals surface area contributed by atoms with Crippen molar-refractivity contribution in [1.82, 2.24) is 4.90 Å². The Bertz CT molecular complexity index is 853. The van der Waals surface area contributed by atoms with E-state index in [1.54, 1.807) is 55.7 Å². The number of halogens is 2. The number of nitrogens with zero attached hydrogens (tertiary/aromatic N) is 1. The van der Waals surface area contributed by atoms with Crippen LogP contribution in [-0.4, -0.2) is 36.9 Å². The van der Waals surface area contributed by atoms with Gasteiger partial charge in [0.2, 0.25) is 11.8 Å². The largest absolute Gasteiger partial charge is 0.497 e. The van der Waals surface area contributed by atoms with Gasteiger partial charge >= 0.3 is 0 Å². The molecule has 0 atom stereocenters. The average Bonchev–Trinajstić information content (AvgIpc) is 2.66. The first kappa shape index (κ1) is 20.8. The molecular weight excluding hydrogens is 387 g/mol. The molecule has 0 radical (unpaired) electrons. The second-order valence-corrected chi connectivity index (χ2v) is 6.45. The first-order chi connectivity index (χ1) is 12.9. The van der Waals surface area contributed by atoms with Gasteiger partial charge in [0.25, 0.3) is 0 Å². The molecule has 142 valence electrons. The van der Waals surface area contributed by atoms with Crippen molar-refractivity contribution in [3.63, 3.8) is 0 Å². The lowest BCUT2D eigenvalue weighted by Gasteiger charge is -2.18. The molecule has 0 aliphatic heterocycles. The highest BCUT2D eigenvalue weighted by Gasteiger charge is 2.13. The molecule has 0 aliphatic carbocycles. The van der Waals surface area contributed by atoms with Crippen molar-refractivity contribution < 1.29 is 14.3 Å². The Balaban J connectivity index is 1.98. The standard InChI is InChI=1S/C20H20Cl2N2O3/c1-3-24(13-19(25)23-15-5-4-6-16(12-15)27-2)20(26)10-8-14-7-9-17(21)18(22)11-14/h4-12H,3,13H2,1-2H3,(H,23,25)/b10-8+. The van der Waals surface area contributed by atoms with Crippen LogP contribution in [0.3, 0.4) is 0 Å². The molecule has 0 fully saturated rings. The number of carbonyl (C=O) groups is 2. The lowest BCUT2D eigenvalue weighted by Crippen LogP contribution is -2.36. The number of hydrogen-bond acceptors (Lipinski definition) is 3. The number of ether oxygens (including phenoxy) is 1. The Morgan fingerprint density at radius 3 is 2.59 bits per heavy atom. The lowest BCUT2D eigenvalue weighted by atomic mass is 10.2. The molecule has 27 heavy (non-hydrogen) atoms. The van der Waals surface area contributed by atoms with Crippen molar-refractivity contribution in [3.05, 3.63) is 64.1 Å². The second-order valence-electron chi connectivity index (χ2n) is 5.64. The summed E-state index contributed by atoms with van der Waals surface area (Å²) in [5.74, 6) is 0.0755. The quantitative estimate of drug-likeness (QED) is 0.688. The molecule has 7 heteroatoms. The summed E-state index contributed by atoms with van der Waals surface area (Å²) in [6.07, 6.45) is 3.04. The molecule has 2 aromatic carbocycles. The van der Waals surface area contributed by atoms with Gasteiger partial charge in [-0.1, -0.05) is 35.3 Å². The average molecular weight is 407 g/mol. The fraction of sp³-hybridized carbons (Fsp3) is 0.200. The van der Waals surface area contributed by atoms with E-state index in [2.05, 4.69) is 5.32 Å². The minimum absolute atomic E-state index is 0.0573. The van der Waals surface area contributed by atoms with Crippen molar-refractivity contribution in [3.8, 4) is 5.75 Å². The van der Waals surface area contributed by atoms with E-state index in [1.165, 1.54) is 11.0 Å². The van der Waals surface area contributed by atoms with Crippen LogP contribution in [0.25, 0.3) is 6.08 Å². The number of likely N-dealkylation sites (N-methyl/N-ethyl adjacent to an activating group) is 1. The molecule has 0 saturated carbocycles. The van der Waals surface area contributed by atoms with Crippen LogP contribution in [-0.2, 0) is 9.59 Å². The molecule has 2 rings (SSSR count). The molecule has 0 bridgehead atoms.